The first-order chi connectivity index (χ1) is 9.15. The SMILES string of the molecule is CCNc1nc(CC)nc(NC2CCOC2C)c1C. The van der Waals surface area contributed by atoms with Gasteiger partial charge >= 0.3 is 0 Å². The lowest BCUT2D eigenvalue weighted by molar-refractivity contribution is 0.121. The van der Waals surface area contributed by atoms with Crippen molar-refractivity contribution in [3.63, 3.8) is 0 Å². The topological polar surface area (TPSA) is 59.1 Å². The molecule has 1 saturated heterocycles. The van der Waals surface area contributed by atoms with Gasteiger partial charge in [-0.25, -0.2) is 9.97 Å². The molecule has 1 fully saturated rings. The maximum atomic E-state index is 5.59. The van der Waals surface area contributed by atoms with Crippen LogP contribution in [-0.2, 0) is 11.2 Å². The van der Waals surface area contributed by atoms with E-state index in [0.717, 1.165) is 49.0 Å². The number of anilines is 2. The van der Waals surface area contributed by atoms with Crippen LogP contribution in [0.1, 0.15) is 38.6 Å². The van der Waals surface area contributed by atoms with Crippen molar-refractivity contribution in [3.8, 4) is 0 Å². The van der Waals surface area contributed by atoms with Crippen LogP contribution in [0.15, 0.2) is 0 Å². The molecule has 1 aliphatic heterocycles. The van der Waals surface area contributed by atoms with E-state index in [4.69, 9.17) is 4.74 Å². The highest BCUT2D eigenvalue weighted by Gasteiger charge is 2.25. The summed E-state index contributed by atoms with van der Waals surface area (Å²) >= 11 is 0. The summed E-state index contributed by atoms with van der Waals surface area (Å²) in [7, 11) is 0. The molecule has 2 N–H and O–H groups in total. The zero-order chi connectivity index (χ0) is 13.8. The second kappa shape index (κ2) is 6.19. The minimum atomic E-state index is 0.238. The van der Waals surface area contributed by atoms with Gasteiger partial charge in [0, 0.05) is 25.1 Å². The first-order valence-electron chi connectivity index (χ1n) is 7.15. The molecule has 2 unspecified atom stereocenters. The second-order valence-corrected chi connectivity index (χ2v) is 4.96. The zero-order valence-electron chi connectivity index (χ0n) is 12.3. The Bertz CT molecular complexity index is 436. The van der Waals surface area contributed by atoms with E-state index < -0.39 is 0 Å². The number of hydrogen-bond acceptors (Lipinski definition) is 5. The lowest BCUT2D eigenvalue weighted by Gasteiger charge is -2.20. The molecule has 19 heavy (non-hydrogen) atoms. The number of hydrogen-bond donors (Lipinski definition) is 2. The fourth-order valence-electron chi connectivity index (χ4n) is 2.30. The molecule has 0 radical (unpaired) electrons. The minimum Gasteiger partial charge on any atom is -0.376 e. The zero-order valence-corrected chi connectivity index (χ0v) is 12.3. The highest BCUT2D eigenvalue weighted by molar-refractivity contribution is 5.57. The average Bonchev–Trinajstić information content (AvgIpc) is 2.80. The van der Waals surface area contributed by atoms with Crippen molar-refractivity contribution in [1.82, 2.24) is 9.97 Å². The lowest BCUT2D eigenvalue weighted by Crippen LogP contribution is -2.28. The van der Waals surface area contributed by atoms with E-state index in [9.17, 15) is 0 Å². The molecular formula is C14H24N4O. The minimum absolute atomic E-state index is 0.238. The summed E-state index contributed by atoms with van der Waals surface area (Å²) in [6.45, 7) is 10.00. The van der Waals surface area contributed by atoms with Crippen molar-refractivity contribution in [1.29, 1.82) is 0 Å². The predicted molar refractivity (Wildman–Crippen MR) is 77.8 cm³/mol. The summed E-state index contributed by atoms with van der Waals surface area (Å²) in [6, 6.07) is 0.341. The van der Waals surface area contributed by atoms with Gasteiger partial charge in [0.1, 0.15) is 17.5 Å². The fraction of sp³-hybridized carbons (Fsp3) is 0.714. The van der Waals surface area contributed by atoms with Gasteiger partial charge in [-0.15, -0.1) is 0 Å². The Morgan fingerprint density at radius 3 is 2.58 bits per heavy atom. The Hall–Kier alpha value is -1.36. The van der Waals surface area contributed by atoms with Gasteiger partial charge in [0.2, 0.25) is 0 Å². The molecular weight excluding hydrogens is 240 g/mol. The first kappa shape index (κ1) is 14.1. The van der Waals surface area contributed by atoms with Crippen molar-refractivity contribution >= 4 is 11.6 Å². The molecule has 1 aromatic rings. The van der Waals surface area contributed by atoms with Crippen molar-refractivity contribution in [2.45, 2.75) is 52.7 Å². The Balaban J connectivity index is 2.24. The standard InChI is InChI=1S/C14H24N4O/c1-5-12-17-13(15-6-2)9(3)14(18-12)16-11-7-8-19-10(11)4/h10-11H,5-8H2,1-4H3,(H2,15,16,17,18). The molecule has 0 amide bonds. The number of rotatable bonds is 5. The van der Waals surface area contributed by atoms with Gasteiger partial charge < -0.3 is 15.4 Å². The van der Waals surface area contributed by atoms with Gasteiger partial charge in [-0.1, -0.05) is 6.92 Å². The summed E-state index contributed by atoms with van der Waals surface area (Å²) in [6.07, 6.45) is 2.11. The van der Waals surface area contributed by atoms with Crippen LogP contribution in [0.3, 0.4) is 0 Å². The maximum absolute atomic E-state index is 5.59. The first-order valence-corrected chi connectivity index (χ1v) is 7.15. The number of aromatic nitrogens is 2. The molecule has 0 bridgehead atoms. The summed E-state index contributed by atoms with van der Waals surface area (Å²) in [5.74, 6) is 2.74. The fourth-order valence-corrected chi connectivity index (χ4v) is 2.30. The Kier molecular flexibility index (Phi) is 4.58. The molecule has 0 saturated carbocycles. The third-order valence-electron chi connectivity index (χ3n) is 3.55. The van der Waals surface area contributed by atoms with Crippen LogP contribution in [0.2, 0.25) is 0 Å². The average molecular weight is 264 g/mol. The van der Waals surface area contributed by atoms with Gasteiger partial charge in [-0.2, -0.15) is 0 Å². The molecule has 0 spiro atoms. The van der Waals surface area contributed by atoms with Gasteiger partial charge in [-0.05, 0) is 27.2 Å². The summed E-state index contributed by atoms with van der Waals surface area (Å²) < 4.78 is 5.59. The van der Waals surface area contributed by atoms with E-state index in [-0.39, 0.29) is 6.10 Å². The molecule has 5 nitrogen and oxygen atoms in total. The van der Waals surface area contributed by atoms with E-state index in [0.29, 0.717) is 6.04 Å². The summed E-state index contributed by atoms with van der Waals surface area (Å²) in [4.78, 5) is 9.16. The van der Waals surface area contributed by atoms with Gasteiger partial charge in [0.25, 0.3) is 0 Å². The molecule has 2 heterocycles. The molecule has 0 aliphatic carbocycles. The van der Waals surface area contributed by atoms with Crippen LogP contribution in [0.25, 0.3) is 0 Å². The van der Waals surface area contributed by atoms with E-state index in [1.165, 1.54) is 0 Å². The molecule has 2 rings (SSSR count). The summed E-state index contributed by atoms with van der Waals surface area (Å²) in [5.41, 5.74) is 1.08. The Labute approximate surface area is 115 Å². The second-order valence-electron chi connectivity index (χ2n) is 4.96. The molecule has 2 atom stereocenters. The number of nitrogens with zero attached hydrogens (tertiary/aromatic N) is 2. The van der Waals surface area contributed by atoms with E-state index in [2.05, 4.69) is 48.3 Å². The van der Waals surface area contributed by atoms with Crippen LogP contribution < -0.4 is 10.6 Å². The van der Waals surface area contributed by atoms with Gasteiger partial charge in [0.05, 0.1) is 12.1 Å². The quantitative estimate of drug-likeness (QED) is 0.855. The highest BCUT2D eigenvalue weighted by Crippen LogP contribution is 2.24. The molecule has 0 aromatic carbocycles. The normalized spacial score (nSPS) is 22.5. The van der Waals surface area contributed by atoms with Crippen LogP contribution in [0.4, 0.5) is 11.6 Å². The van der Waals surface area contributed by atoms with Crippen molar-refractivity contribution < 1.29 is 4.74 Å². The van der Waals surface area contributed by atoms with Crippen molar-refractivity contribution in [2.24, 2.45) is 0 Å². The molecule has 5 heteroatoms. The largest absolute Gasteiger partial charge is 0.376 e. The number of nitrogens with one attached hydrogen (secondary N) is 2. The van der Waals surface area contributed by atoms with Crippen molar-refractivity contribution in [2.75, 3.05) is 23.8 Å². The van der Waals surface area contributed by atoms with Gasteiger partial charge in [0.15, 0.2) is 0 Å². The Morgan fingerprint density at radius 1 is 1.26 bits per heavy atom. The van der Waals surface area contributed by atoms with E-state index in [1.807, 2.05) is 0 Å². The monoisotopic (exact) mass is 264 g/mol. The summed E-state index contributed by atoms with van der Waals surface area (Å²) in [5, 5.41) is 6.82. The lowest BCUT2D eigenvalue weighted by atomic mass is 10.1. The van der Waals surface area contributed by atoms with E-state index in [1.54, 1.807) is 0 Å². The Morgan fingerprint density at radius 2 is 2.00 bits per heavy atom. The third kappa shape index (κ3) is 3.15. The number of ether oxygens (including phenoxy) is 1. The van der Waals surface area contributed by atoms with Crippen LogP contribution in [0, 0.1) is 6.92 Å². The molecule has 1 aromatic heterocycles. The highest BCUT2D eigenvalue weighted by atomic mass is 16.5. The predicted octanol–water partition coefficient (Wildman–Crippen LogP) is 2.37. The maximum Gasteiger partial charge on any atom is 0.135 e. The van der Waals surface area contributed by atoms with Crippen LogP contribution in [-0.4, -0.2) is 35.3 Å². The van der Waals surface area contributed by atoms with Gasteiger partial charge in [-0.3, -0.25) is 0 Å². The third-order valence-corrected chi connectivity index (χ3v) is 3.55. The number of aryl methyl sites for hydroxylation is 1. The van der Waals surface area contributed by atoms with Crippen LogP contribution >= 0.6 is 0 Å². The molecule has 106 valence electrons. The van der Waals surface area contributed by atoms with E-state index >= 15 is 0 Å². The van der Waals surface area contributed by atoms with Crippen molar-refractivity contribution in [3.05, 3.63) is 11.4 Å². The molecule has 1 aliphatic rings. The smallest absolute Gasteiger partial charge is 0.135 e. The van der Waals surface area contributed by atoms with Crippen LogP contribution in [0.5, 0.6) is 0 Å².